The quantitative estimate of drug-likeness (QED) is 0.831. The number of halogens is 1. The Labute approximate surface area is 153 Å². The molecule has 4 aliphatic rings. The van der Waals surface area contributed by atoms with Gasteiger partial charge in [-0.2, -0.15) is 0 Å². The van der Waals surface area contributed by atoms with Gasteiger partial charge in [-0.05, 0) is 61.7 Å². The molecule has 26 heavy (non-hydrogen) atoms. The molecule has 0 saturated carbocycles. The summed E-state index contributed by atoms with van der Waals surface area (Å²) in [6.45, 7) is 2.96. The highest BCUT2D eigenvalue weighted by Gasteiger charge is 2.54. The van der Waals surface area contributed by atoms with Crippen LogP contribution in [-0.2, 0) is 7.05 Å². The number of likely N-dealkylation sites (tertiary alicyclic amines) is 1. The Morgan fingerprint density at radius 3 is 2.46 bits per heavy atom. The normalized spacial score (nSPS) is 32.7. The van der Waals surface area contributed by atoms with Crippen LogP contribution in [0, 0.1) is 11.7 Å². The fourth-order valence-corrected chi connectivity index (χ4v) is 5.49. The second kappa shape index (κ2) is 5.95. The Hall–Kier alpha value is -2.14. The van der Waals surface area contributed by atoms with Crippen LogP contribution in [0.3, 0.4) is 0 Å². The van der Waals surface area contributed by atoms with E-state index in [0.29, 0.717) is 12.0 Å². The molecule has 0 unspecified atom stereocenters. The van der Waals surface area contributed by atoms with Gasteiger partial charge in [-0.3, -0.25) is 9.69 Å². The number of hydrogen-bond acceptors (Lipinski definition) is 2. The number of amides is 1. The summed E-state index contributed by atoms with van der Waals surface area (Å²) >= 11 is 0. The molecule has 1 aromatic heterocycles. The number of piperidine rings is 3. The first-order valence-corrected chi connectivity index (χ1v) is 9.55. The summed E-state index contributed by atoms with van der Waals surface area (Å²) in [6.07, 6.45) is 4.28. The number of fused-ring (bicyclic) bond motifs is 2. The number of nitrogens with zero attached hydrogens (tertiary/aromatic N) is 3. The van der Waals surface area contributed by atoms with Crippen molar-refractivity contribution in [2.24, 2.45) is 13.0 Å². The van der Waals surface area contributed by atoms with Crippen molar-refractivity contribution < 1.29 is 9.18 Å². The highest BCUT2D eigenvalue weighted by Crippen LogP contribution is 2.46. The Morgan fingerprint density at radius 1 is 1.08 bits per heavy atom. The molecule has 0 spiro atoms. The molecule has 4 saturated heterocycles. The lowest BCUT2D eigenvalue weighted by Gasteiger charge is -2.51. The van der Waals surface area contributed by atoms with Gasteiger partial charge >= 0.3 is 0 Å². The van der Waals surface area contributed by atoms with Gasteiger partial charge in [-0.15, -0.1) is 0 Å². The van der Waals surface area contributed by atoms with E-state index in [0.717, 1.165) is 30.9 Å². The van der Waals surface area contributed by atoms with Crippen molar-refractivity contribution >= 4 is 5.91 Å². The molecular formula is C21H24FN3O. The lowest BCUT2D eigenvalue weighted by Crippen LogP contribution is -2.60. The van der Waals surface area contributed by atoms with Gasteiger partial charge in [0.25, 0.3) is 5.91 Å². The summed E-state index contributed by atoms with van der Waals surface area (Å²) in [5, 5.41) is 0. The minimum absolute atomic E-state index is 0.130. The summed E-state index contributed by atoms with van der Waals surface area (Å²) in [7, 11) is 1.93. The average Bonchev–Trinajstić information content (AvgIpc) is 3.28. The molecule has 1 amide bonds. The largest absolute Gasteiger partial charge is 0.347 e. The van der Waals surface area contributed by atoms with Crippen LogP contribution in [0.25, 0.3) is 0 Å². The third-order valence-corrected chi connectivity index (χ3v) is 6.72. The zero-order valence-electron chi connectivity index (χ0n) is 15.0. The van der Waals surface area contributed by atoms with Gasteiger partial charge in [-0.25, -0.2) is 4.39 Å². The minimum Gasteiger partial charge on any atom is -0.347 e. The van der Waals surface area contributed by atoms with Gasteiger partial charge in [0.05, 0.1) is 6.04 Å². The molecule has 5 heterocycles. The summed E-state index contributed by atoms with van der Waals surface area (Å²) < 4.78 is 15.3. The van der Waals surface area contributed by atoms with Gasteiger partial charge in [0.15, 0.2) is 0 Å². The van der Waals surface area contributed by atoms with E-state index in [1.54, 1.807) is 12.1 Å². The van der Waals surface area contributed by atoms with E-state index in [1.807, 2.05) is 42.1 Å². The maximum absolute atomic E-state index is 13.4. The molecule has 4 nitrogen and oxygen atoms in total. The maximum Gasteiger partial charge on any atom is 0.270 e. The number of aromatic nitrogens is 1. The third kappa shape index (κ3) is 2.33. The molecule has 5 heteroatoms. The molecule has 0 aliphatic carbocycles. The van der Waals surface area contributed by atoms with E-state index in [4.69, 9.17) is 0 Å². The second-order valence-electron chi connectivity index (χ2n) is 7.97. The van der Waals surface area contributed by atoms with Crippen molar-refractivity contribution in [2.45, 2.75) is 30.8 Å². The molecule has 4 aliphatic heterocycles. The first-order valence-electron chi connectivity index (χ1n) is 9.55. The fraction of sp³-hybridized carbons (Fsp3) is 0.476. The molecule has 2 bridgehead atoms. The summed E-state index contributed by atoms with van der Waals surface area (Å²) in [6, 6.07) is 11.4. The smallest absolute Gasteiger partial charge is 0.270 e. The predicted molar refractivity (Wildman–Crippen MR) is 97.5 cm³/mol. The highest BCUT2D eigenvalue weighted by molar-refractivity contribution is 5.93. The van der Waals surface area contributed by atoms with Crippen LogP contribution in [0.5, 0.6) is 0 Å². The molecular weight excluding hydrogens is 329 g/mol. The van der Waals surface area contributed by atoms with Gasteiger partial charge in [-0.1, -0.05) is 12.1 Å². The molecule has 1 aromatic carbocycles. The van der Waals surface area contributed by atoms with Crippen LogP contribution < -0.4 is 0 Å². The Kier molecular flexibility index (Phi) is 3.67. The van der Waals surface area contributed by atoms with Crippen LogP contribution in [-0.4, -0.2) is 52.0 Å². The van der Waals surface area contributed by atoms with E-state index < -0.39 is 0 Å². The first kappa shape index (κ1) is 16.1. The number of carbonyl (C=O) groups excluding carboxylic acids is 1. The van der Waals surface area contributed by atoms with Crippen LogP contribution in [0.15, 0.2) is 42.6 Å². The Bertz CT molecular complexity index is 822. The zero-order chi connectivity index (χ0) is 17.8. The highest BCUT2D eigenvalue weighted by atomic mass is 19.1. The predicted octanol–water partition coefficient (Wildman–Crippen LogP) is 2.87. The zero-order valence-corrected chi connectivity index (χ0v) is 15.0. The number of rotatable bonds is 2. The van der Waals surface area contributed by atoms with Crippen LogP contribution in [0.4, 0.5) is 4.39 Å². The molecule has 0 N–H and O–H groups in total. The van der Waals surface area contributed by atoms with Gasteiger partial charge in [0.1, 0.15) is 11.5 Å². The van der Waals surface area contributed by atoms with E-state index in [9.17, 15) is 9.18 Å². The summed E-state index contributed by atoms with van der Waals surface area (Å²) in [5.41, 5.74) is 1.90. The Morgan fingerprint density at radius 2 is 1.81 bits per heavy atom. The number of benzene rings is 1. The monoisotopic (exact) mass is 353 g/mol. The topological polar surface area (TPSA) is 28.5 Å². The fourth-order valence-electron chi connectivity index (χ4n) is 5.49. The van der Waals surface area contributed by atoms with E-state index in [-0.39, 0.29) is 23.7 Å². The average molecular weight is 353 g/mol. The third-order valence-electron chi connectivity index (χ3n) is 6.72. The van der Waals surface area contributed by atoms with Crippen molar-refractivity contribution in [1.29, 1.82) is 0 Å². The lowest BCUT2D eigenvalue weighted by atomic mass is 9.75. The van der Waals surface area contributed by atoms with Crippen LogP contribution >= 0.6 is 0 Å². The molecule has 0 radical (unpaired) electrons. The number of aryl methyl sites for hydroxylation is 1. The minimum atomic E-state index is -0.203. The van der Waals surface area contributed by atoms with Crippen molar-refractivity contribution in [3.05, 3.63) is 59.7 Å². The van der Waals surface area contributed by atoms with Crippen molar-refractivity contribution in [2.75, 3.05) is 19.6 Å². The molecule has 136 valence electrons. The molecule has 2 aromatic rings. The van der Waals surface area contributed by atoms with E-state index >= 15 is 0 Å². The van der Waals surface area contributed by atoms with Crippen molar-refractivity contribution in [3.63, 3.8) is 0 Å². The lowest BCUT2D eigenvalue weighted by molar-refractivity contribution is -0.00368. The SMILES string of the molecule is Cn1cccc1C(=O)N1C[C@@H](c2ccc(F)cc2)[C@@H]2[C@H]1C1CCN2CC1. The molecule has 3 atom stereocenters. The van der Waals surface area contributed by atoms with E-state index in [2.05, 4.69) is 9.80 Å². The summed E-state index contributed by atoms with van der Waals surface area (Å²) in [5.74, 6) is 0.768. The van der Waals surface area contributed by atoms with Crippen molar-refractivity contribution in [1.82, 2.24) is 14.4 Å². The summed E-state index contributed by atoms with van der Waals surface area (Å²) in [4.78, 5) is 18.0. The van der Waals surface area contributed by atoms with Gasteiger partial charge < -0.3 is 9.47 Å². The molecule has 6 rings (SSSR count). The Balaban J connectivity index is 1.53. The van der Waals surface area contributed by atoms with Crippen molar-refractivity contribution in [3.8, 4) is 0 Å². The first-order chi connectivity index (χ1) is 12.6. The number of hydrogen-bond donors (Lipinski definition) is 0. The second-order valence-corrected chi connectivity index (χ2v) is 7.97. The standard InChI is InChI=1S/C21H24FN3O/c1-23-10-2-3-18(23)21(26)25-13-17(14-4-6-16(22)7-5-14)20-19(25)15-8-11-24(20)12-9-15/h2-7,10,15,17,19-20H,8-9,11-13H2,1H3/t17-,19+,20+/m0/s1. The van der Waals surface area contributed by atoms with Crippen LogP contribution in [0.2, 0.25) is 0 Å². The van der Waals surface area contributed by atoms with E-state index in [1.165, 1.54) is 12.8 Å². The molecule has 4 fully saturated rings. The van der Waals surface area contributed by atoms with Gasteiger partial charge in [0.2, 0.25) is 0 Å². The number of carbonyl (C=O) groups is 1. The van der Waals surface area contributed by atoms with Crippen LogP contribution in [0.1, 0.15) is 34.8 Å². The van der Waals surface area contributed by atoms with Gasteiger partial charge in [0, 0.05) is 31.7 Å². The maximum atomic E-state index is 13.4.